The van der Waals surface area contributed by atoms with Crippen molar-refractivity contribution in [2.24, 2.45) is 7.05 Å². The second-order valence-electron chi connectivity index (χ2n) is 4.44. The van der Waals surface area contributed by atoms with Gasteiger partial charge in [-0.1, -0.05) is 18.2 Å². The molecule has 0 aliphatic heterocycles. The van der Waals surface area contributed by atoms with E-state index in [1.807, 2.05) is 24.3 Å². The summed E-state index contributed by atoms with van der Waals surface area (Å²) in [7, 11) is 1.78. The Bertz CT molecular complexity index is 787. The minimum atomic E-state index is -1.17. The van der Waals surface area contributed by atoms with Crippen molar-refractivity contribution in [2.75, 3.05) is 0 Å². The Morgan fingerprint density at radius 2 is 2.05 bits per heavy atom. The largest absolute Gasteiger partial charge is 0.475 e. The zero-order chi connectivity index (χ0) is 14.3. The molecule has 0 amide bonds. The van der Waals surface area contributed by atoms with Crippen LogP contribution >= 0.6 is 0 Å². The molecule has 0 spiro atoms. The number of hydrogen-bond donors (Lipinski definition) is 2. The molecule has 0 radical (unpaired) electrons. The number of aliphatic hydroxyl groups excluding tert-OH is 1. The minimum absolute atomic E-state index is 0.159. The molecule has 0 saturated heterocycles. The summed E-state index contributed by atoms with van der Waals surface area (Å²) in [5.41, 5.74) is 1.32. The van der Waals surface area contributed by atoms with Gasteiger partial charge in [-0.25, -0.2) is 4.79 Å². The lowest BCUT2D eigenvalue weighted by molar-refractivity contribution is 0.0654. The van der Waals surface area contributed by atoms with Crippen molar-refractivity contribution in [3.05, 3.63) is 53.6 Å². The van der Waals surface area contributed by atoms with Crippen molar-refractivity contribution in [1.29, 1.82) is 0 Å². The van der Waals surface area contributed by atoms with Crippen LogP contribution in [0.4, 0.5) is 0 Å². The van der Waals surface area contributed by atoms with Gasteiger partial charge in [0.2, 0.25) is 5.76 Å². The number of rotatable bonds is 3. The summed E-state index contributed by atoms with van der Waals surface area (Å²) in [6.45, 7) is 0. The van der Waals surface area contributed by atoms with E-state index in [9.17, 15) is 9.90 Å². The van der Waals surface area contributed by atoms with Gasteiger partial charge in [0.25, 0.3) is 0 Å². The van der Waals surface area contributed by atoms with Gasteiger partial charge < -0.3 is 14.6 Å². The molecule has 0 aliphatic rings. The van der Waals surface area contributed by atoms with E-state index in [0.29, 0.717) is 5.69 Å². The fourth-order valence-corrected chi connectivity index (χ4v) is 2.19. The van der Waals surface area contributed by atoms with Crippen LogP contribution < -0.4 is 0 Å². The molecule has 1 aromatic carbocycles. The van der Waals surface area contributed by atoms with E-state index in [4.69, 9.17) is 9.52 Å². The topological polar surface area (TPSA) is 88.5 Å². The van der Waals surface area contributed by atoms with E-state index in [2.05, 4.69) is 5.10 Å². The molecule has 1 atom stereocenters. The van der Waals surface area contributed by atoms with Crippen LogP contribution in [0.1, 0.15) is 28.1 Å². The van der Waals surface area contributed by atoms with Crippen LogP contribution in [-0.2, 0) is 7.05 Å². The van der Waals surface area contributed by atoms with Gasteiger partial charge in [0.15, 0.2) is 6.10 Å². The summed E-state index contributed by atoms with van der Waals surface area (Å²) >= 11 is 0. The molecular formula is C14H12N2O4. The van der Waals surface area contributed by atoms with Gasteiger partial charge in [0, 0.05) is 12.4 Å². The van der Waals surface area contributed by atoms with E-state index >= 15 is 0 Å². The Hall–Kier alpha value is -2.60. The first kappa shape index (κ1) is 12.4. The van der Waals surface area contributed by atoms with Crippen LogP contribution in [0.25, 0.3) is 10.9 Å². The number of carboxylic acid groups (broad SMARTS) is 1. The number of benzene rings is 1. The van der Waals surface area contributed by atoms with Gasteiger partial charge in [0.05, 0.1) is 5.52 Å². The predicted octanol–water partition coefficient (Wildman–Crippen LogP) is 1.95. The predicted molar refractivity (Wildman–Crippen MR) is 70.4 cm³/mol. The minimum Gasteiger partial charge on any atom is -0.475 e. The van der Waals surface area contributed by atoms with Crippen molar-refractivity contribution in [3.63, 3.8) is 0 Å². The van der Waals surface area contributed by atoms with Crippen molar-refractivity contribution in [3.8, 4) is 0 Å². The number of hydrogen-bond acceptors (Lipinski definition) is 4. The van der Waals surface area contributed by atoms with Crippen LogP contribution in [0.5, 0.6) is 0 Å². The highest BCUT2D eigenvalue weighted by Crippen LogP contribution is 2.28. The summed E-state index contributed by atoms with van der Waals surface area (Å²) in [5, 5.41) is 24.2. The maximum atomic E-state index is 10.8. The molecule has 3 rings (SSSR count). The molecule has 2 heterocycles. The highest BCUT2D eigenvalue weighted by molar-refractivity contribution is 5.84. The number of aromatic carboxylic acids is 1. The van der Waals surface area contributed by atoms with E-state index in [0.717, 1.165) is 10.9 Å². The molecule has 102 valence electrons. The molecule has 2 aromatic heterocycles. The van der Waals surface area contributed by atoms with Crippen molar-refractivity contribution >= 4 is 16.9 Å². The molecule has 1 unspecified atom stereocenters. The lowest BCUT2D eigenvalue weighted by Crippen LogP contribution is -2.01. The van der Waals surface area contributed by atoms with Gasteiger partial charge in [0.1, 0.15) is 11.5 Å². The highest BCUT2D eigenvalue weighted by atomic mass is 16.4. The molecule has 0 saturated carbocycles. The summed E-state index contributed by atoms with van der Waals surface area (Å²) in [4.78, 5) is 10.8. The average Bonchev–Trinajstić information content (AvgIpc) is 3.04. The number of nitrogens with zero attached hydrogens (tertiary/aromatic N) is 2. The summed E-state index contributed by atoms with van der Waals surface area (Å²) in [5.74, 6) is -1.22. The van der Waals surface area contributed by atoms with Crippen LogP contribution in [0.3, 0.4) is 0 Å². The number of aryl methyl sites for hydroxylation is 1. The Labute approximate surface area is 113 Å². The van der Waals surface area contributed by atoms with Gasteiger partial charge in [-0.3, -0.25) is 4.68 Å². The maximum Gasteiger partial charge on any atom is 0.371 e. The Morgan fingerprint density at radius 3 is 2.75 bits per heavy atom. The molecule has 0 fully saturated rings. The van der Waals surface area contributed by atoms with E-state index < -0.39 is 12.1 Å². The van der Waals surface area contributed by atoms with Crippen LogP contribution in [0, 0.1) is 0 Å². The van der Waals surface area contributed by atoms with Gasteiger partial charge >= 0.3 is 5.97 Å². The number of para-hydroxylation sites is 1. The zero-order valence-corrected chi connectivity index (χ0v) is 10.6. The lowest BCUT2D eigenvalue weighted by atomic mass is 10.1. The third-order valence-corrected chi connectivity index (χ3v) is 3.15. The number of aromatic nitrogens is 2. The van der Waals surface area contributed by atoms with Crippen LogP contribution in [-0.4, -0.2) is 26.0 Å². The SMILES string of the molecule is Cn1nc(C(O)c2ccc(C(=O)O)o2)c2ccccc21. The normalized spacial score (nSPS) is 12.7. The Morgan fingerprint density at radius 1 is 1.30 bits per heavy atom. The van der Waals surface area contributed by atoms with Crippen molar-refractivity contribution < 1.29 is 19.4 Å². The molecule has 3 aromatic rings. The third kappa shape index (κ3) is 1.86. The fourth-order valence-electron chi connectivity index (χ4n) is 2.19. The van der Waals surface area contributed by atoms with Crippen molar-refractivity contribution in [2.45, 2.75) is 6.10 Å². The summed E-state index contributed by atoms with van der Waals surface area (Å²) < 4.78 is 6.78. The highest BCUT2D eigenvalue weighted by Gasteiger charge is 2.22. The molecule has 0 aliphatic carbocycles. The second kappa shape index (κ2) is 4.50. The molecule has 6 nitrogen and oxygen atoms in total. The summed E-state index contributed by atoms with van der Waals surface area (Å²) in [6.07, 6.45) is -1.10. The number of carboxylic acids is 1. The average molecular weight is 272 g/mol. The Balaban J connectivity index is 2.07. The molecular weight excluding hydrogens is 260 g/mol. The van der Waals surface area contributed by atoms with E-state index in [-0.39, 0.29) is 11.5 Å². The van der Waals surface area contributed by atoms with Gasteiger partial charge in [-0.05, 0) is 18.2 Å². The smallest absolute Gasteiger partial charge is 0.371 e. The van der Waals surface area contributed by atoms with Crippen LogP contribution in [0.15, 0.2) is 40.8 Å². The molecule has 2 N–H and O–H groups in total. The second-order valence-corrected chi connectivity index (χ2v) is 4.44. The lowest BCUT2D eigenvalue weighted by Gasteiger charge is -2.04. The van der Waals surface area contributed by atoms with E-state index in [1.54, 1.807) is 11.7 Å². The number of carbonyl (C=O) groups is 1. The molecule has 6 heteroatoms. The summed E-state index contributed by atoms with van der Waals surface area (Å²) in [6, 6.07) is 10.2. The quantitative estimate of drug-likeness (QED) is 0.760. The first-order chi connectivity index (χ1) is 9.58. The van der Waals surface area contributed by atoms with Crippen molar-refractivity contribution in [1.82, 2.24) is 9.78 Å². The first-order valence-electron chi connectivity index (χ1n) is 6.00. The number of fused-ring (bicyclic) bond motifs is 1. The molecule has 0 bridgehead atoms. The zero-order valence-electron chi connectivity index (χ0n) is 10.6. The van der Waals surface area contributed by atoms with Crippen LogP contribution in [0.2, 0.25) is 0 Å². The standard InChI is InChI=1S/C14H12N2O4/c1-16-9-5-3-2-4-8(9)12(15-16)13(17)10-6-7-11(20-10)14(18)19/h2-7,13,17H,1H3,(H,18,19). The monoisotopic (exact) mass is 272 g/mol. The number of aliphatic hydroxyl groups is 1. The van der Waals surface area contributed by atoms with E-state index in [1.165, 1.54) is 12.1 Å². The fraction of sp³-hybridized carbons (Fsp3) is 0.143. The number of furan rings is 1. The molecule has 20 heavy (non-hydrogen) atoms. The van der Waals surface area contributed by atoms with Gasteiger partial charge in [-0.15, -0.1) is 0 Å². The Kier molecular flexibility index (Phi) is 2.80. The third-order valence-electron chi connectivity index (χ3n) is 3.15. The maximum absolute atomic E-state index is 10.8. The van der Waals surface area contributed by atoms with Gasteiger partial charge in [-0.2, -0.15) is 5.10 Å². The first-order valence-corrected chi connectivity index (χ1v) is 6.00.